The zero-order chi connectivity index (χ0) is 17.4. The van der Waals surface area contributed by atoms with E-state index in [1.807, 2.05) is 0 Å². The largest absolute Gasteiger partial charge is 0.288 e. The highest BCUT2D eigenvalue weighted by Crippen LogP contribution is 2.36. The molecular formula is C19H17Cl2N3O. The smallest absolute Gasteiger partial charge is 0.277 e. The van der Waals surface area contributed by atoms with Gasteiger partial charge in [0, 0.05) is 12.6 Å². The summed E-state index contributed by atoms with van der Waals surface area (Å²) in [4.78, 5) is 14.6. The molecular weight excluding hydrogens is 357 g/mol. The Balaban J connectivity index is 1.69. The summed E-state index contributed by atoms with van der Waals surface area (Å²) in [7, 11) is 0. The predicted octanol–water partition coefficient (Wildman–Crippen LogP) is 4.50. The molecule has 4 rings (SSSR count). The van der Waals surface area contributed by atoms with Crippen molar-refractivity contribution in [2.24, 2.45) is 0 Å². The highest BCUT2D eigenvalue weighted by Gasteiger charge is 2.28. The molecule has 1 fully saturated rings. The molecule has 0 bridgehead atoms. The van der Waals surface area contributed by atoms with Crippen LogP contribution in [0.15, 0.2) is 53.5 Å². The maximum absolute atomic E-state index is 12.3. The van der Waals surface area contributed by atoms with E-state index in [2.05, 4.69) is 52.5 Å². The number of fused-ring (bicyclic) bond motifs is 1. The molecule has 0 spiro atoms. The van der Waals surface area contributed by atoms with E-state index < -0.39 is 0 Å². The van der Waals surface area contributed by atoms with Crippen LogP contribution in [0.2, 0.25) is 10.0 Å². The first-order valence-electron chi connectivity index (χ1n) is 8.28. The van der Waals surface area contributed by atoms with Crippen molar-refractivity contribution in [3.63, 3.8) is 0 Å². The highest BCUT2D eigenvalue weighted by atomic mass is 35.5. The standard InChI is InChI=1S/C19H17Cl2N3O/c20-16-11-22-24(19(25)18(16)21)12-23-10-4-9-17(23)15-8-3-6-13-5-1-2-7-14(13)15/h1-3,5-8,11,17H,4,9-10,12H2/t17-/m1/s1. The Morgan fingerprint density at radius 1 is 1.12 bits per heavy atom. The van der Waals surface area contributed by atoms with Gasteiger partial charge in [-0.3, -0.25) is 9.69 Å². The van der Waals surface area contributed by atoms with Gasteiger partial charge in [0.15, 0.2) is 0 Å². The average molecular weight is 374 g/mol. The van der Waals surface area contributed by atoms with Crippen LogP contribution in [0.3, 0.4) is 0 Å². The number of likely N-dealkylation sites (tertiary alicyclic amines) is 1. The van der Waals surface area contributed by atoms with Crippen molar-refractivity contribution in [1.29, 1.82) is 0 Å². The lowest BCUT2D eigenvalue weighted by atomic mass is 9.97. The molecule has 25 heavy (non-hydrogen) atoms. The van der Waals surface area contributed by atoms with E-state index in [-0.39, 0.29) is 21.6 Å². The molecule has 4 nitrogen and oxygen atoms in total. The third-order valence-corrected chi connectivity index (χ3v) is 5.55. The van der Waals surface area contributed by atoms with Crippen LogP contribution in [-0.4, -0.2) is 21.2 Å². The van der Waals surface area contributed by atoms with Gasteiger partial charge in [-0.1, -0.05) is 65.7 Å². The van der Waals surface area contributed by atoms with E-state index in [1.165, 1.54) is 27.2 Å². The number of benzene rings is 2. The fraction of sp³-hybridized carbons (Fsp3) is 0.263. The van der Waals surface area contributed by atoms with Crippen LogP contribution in [0, 0.1) is 0 Å². The summed E-state index contributed by atoms with van der Waals surface area (Å²) in [6.45, 7) is 1.33. The zero-order valence-electron chi connectivity index (χ0n) is 13.5. The fourth-order valence-corrected chi connectivity index (χ4v) is 3.88. The lowest BCUT2D eigenvalue weighted by Gasteiger charge is -2.26. The van der Waals surface area contributed by atoms with Crippen molar-refractivity contribution < 1.29 is 0 Å². The van der Waals surface area contributed by atoms with Crippen molar-refractivity contribution in [2.75, 3.05) is 6.54 Å². The molecule has 1 atom stereocenters. The van der Waals surface area contributed by atoms with E-state index >= 15 is 0 Å². The monoisotopic (exact) mass is 373 g/mol. The lowest BCUT2D eigenvalue weighted by molar-refractivity contribution is 0.188. The first-order valence-corrected chi connectivity index (χ1v) is 9.03. The van der Waals surface area contributed by atoms with Crippen LogP contribution in [0.1, 0.15) is 24.4 Å². The second kappa shape index (κ2) is 6.79. The maximum atomic E-state index is 12.3. The van der Waals surface area contributed by atoms with E-state index in [0.29, 0.717) is 6.67 Å². The second-order valence-electron chi connectivity index (χ2n) is 6.29. The topological polar surface area (TPSA) is 38.1 Å². The minimum Gasteiger partial charge on any atom is -0.277 e. The van der Waals surface area contributed by atoms with E-state index in [0.717, 1.165) is 19.4 Å². The SMILES string of the molecule is O=c1c(Cl)c(Cl)cnn1CN1CCC[C@@H]1c1cccc2ccccc12. The molecule has 0 aliphatic carbocycles. The summed E-state index contributed by atoms with van der Waals surface area (Å²) in [6, 6.07) is 15.1. The van der Waals surface area contributed by atoms with Gasteiger partial charge in [-0.15, -0.1) is 0 Å². The first-order chi connectivity index (χ1) is 12.1. The Morgan fingerprint density at radius 3 is 2.80 bits per heavy atom. The van der Waals surface area contributed by atoms with Gasteiger partial charge in [0.1, 0.15) is 5.02 Å². The average Bonchev–Trinajstić information content (AvgIpc) is 3.10. The summed E-state index contributed by atoms with van der Waals surface area (Å²) in [5.74, 6) is 0. The molecule has 0 saturated carbocycles. The van der Waals surface area contributed by atoms with Crippen LogP contribution < -0.4 is 5.56 Å². The molecule has 0 unspecified atom stereocenters. The molecule has 0 radical (unpaired) electrons. The second-order valence-corrected chi connectivity index (χ2v) is 7.08. The number of hydrogen-bond donors (Lipinski definition) is 0. The number of halogens is 2. The molecule has 1 saturated heterocycles. The van der Waals surface area contributed by atoms with Gasteiger partial charge >= 0.3 is 0 Å². The molecule has 1 aliphatic rings. The van der Waals surface area contributed by atoms with Crippen LogP contribution >= 0.6 is 23.2 Å². The Morgan fingerprint density at radius 2 is 1.92 bits per heavy atom. The predicted molar refractivity (Wildman–Crippen MR) is 101 cm³/mol. The summed E-state index contributed by atoms with van der Waals surface area (Å²) in [5, 5.41) is 6.85. The summed E-state index contributed by atoms with van der Waals surface area (Å²) < 4.78 is 1.39. The lowest BCUT2D eigenvalue weighted by Crippen LogP contribution is -2.34. The minimum absolute atomic E-state index is 0.0255. The van der Waals surface area contributed by atoms with Gasteiger partial charge in [-0.25, -0.2) is 4.68 Å². The van der Waals surface area contributed by atoms with Gasteiger partial charge in [0.2, 0.25) is 0 Å². The van der Waals surface area contributed by atoms with Gasteiger partial charge in [0.25, 0.3) is 5.56 Å². The number of aromatic nitrogens is 2. The molecule has 2 aromatic carbocycles. The van der Waals surface area contributed by atoms with Gasteiger partial charge in [-0.2, -0.15) is 5.10 Å². The van der Waals surface area contributed by atoms with Crippen LogP contribution in [0.4, 0.5) is 0 Å². The fourth-order valence-electron chi connectivity index (χ4n) is 3.61. The quantitative estimate of drug-likeness (QED) is 0.678. The van der Waals surface area contributed by atoms with Crippen LogP contribution in [0.5, 0.6) is 0 Å². The molecule has 2 heterocycles. The van der Waals surface area contributed by atoms with Gasteiger partial charge in [-0.05, 0) is 29.2 Å². The van der Waals surface area contributed by atoms with Crippen molar-refractivity contribution in [1.82, 2.24) is 14.7 Å². The molecule has 6 heteroatoms. The van der Waals surface area contributed by atoms with Crippen LogP contribution in [0.25, 0.3) is 10.8 Å². The highest BCUT2D eigenvalue weighted by molar-refractivity contribution is 6.41. The molecule has 1 aromatic heterocycles. The van der Waals surface area contributed by atoms with E-state index in [9.17, 15) is 4.79 Å². The normalized spacial score (nSPS) is 18.1. The Kier molecular flexibility index (Phi) is 4.50. The van der Waals surface area contributed by atoms with Gasteiger partial charge < -0.3 is 0 Å². The van der Waals surface area contributed by atoms with Crippen molar-refractivity contribution in [3.8, 4) is 0 Å². The van der Waals surface area contributed by atoms with E-state index in [1.54, 1.807) is 0 Å². The number of nitrogens with zero attached hydrogens (tertiary/aromatic N) is 3. The third kappa shape index (κ3) is 3.06. The Hall–Kier alpha value is -1.88. The summed E-state index contributed by atoms with van der Waals surface area (Å²) in [6.07, 6.45) is 3.57. The minimum atomic E-state index is -0.349. The van der Waals surface area contributed by atoms with Crippen molar-refractivity contribution in [3.05, 3.63) is 74.6 Å². The molecule has 128 valence electrons. The first kappa shape index (κ1) is 16.6. The summed E-state index contributed by atoms with van der Waals surface area (Å²) >= 11 is 11.8. The number of hydrogen-bond acceptors (Lipinski definition) is 3. The maximum Gasteiger partial charge on any atom is 0.288 e. The molecule has 0 amide bonds. The number of rotatable bonds is 3. The summed E-state index contributed by atoms with van der Waals surface area (Å²) in [5.41, 5.74) is 0.946. The van der Waals surface area contributed by atoms with Gasteiger partial charge in [0.05, 0.1) is 17.9 Å². The molecule has 3 aromatic rings. The van der Waals surface area contributed by atoms with Crippen molar-refractivity contribution in [2.45, 2.75) is 25.6 Å². The Bertz CT molecular complexity index is 981. The third-order valence-electron chi connectivity index (χ3n) is 4.80. The van der Waals surface area contributed by atoms with E-state index in [4.69, 9.17) is 23.2 Å². The zero-order valence-corrected chi connectivity index (χ0v) is 15.0. The van der Waals surface area contributed by atoms with Crippen molar-refractivity contribution >= 4 is 34.0 Å². The molecule has 1 aliphatic heterocycles. The Labute approximate surface area is 155 Å². The molecule has 0 N–H and O–H groups in total. The van der Waals surface area contributed by atoms with Crippen LogP contribution in [-0.2, 0) is 6.67 Å².